The number of benzene rings is 1. The van der Waals surface area contributed by atoms with Crippen LogP contribution in [0.15, 0.2) is 35.4 Å². The molecule has 0 saturated heterocycles. The second-order valence-corrected chi connectivity index (χ2v) is 8.90. The van der Waals surface area contributed by atoms with Crippen LogP contribution in [0.3, 0.4) is 0 Å². The Morgan fingerprint density at radius 2 is 1.93 bits per heavy atom. The first-order chi connectivity index (χ1) is 14.4. The molecule has 156 valence electrons. The summed E-state index contributed by atoms with van der Waals surface area (Å²) in [6, 6.07) is 7.44. The lowest BCUT2D eigenvalue weighted by molar-refractivity contribution is -0.121. The number of anilines is 1. The van der Waals surface area contributed by atoms with Gasteiger partial charge in [-0.1, -0.05) is 12.1 Å². The van der Waals surface area contributed by atoms with E-state index in [2.05, 4.69) is 15.6 Å². The minimum absolute atomic E-state index is 0.0757. The summed E-state index contributed by atoms with van der Waals surface area (Å²) in [7, 11) is 0. The van der Waals surface area contributed by atoms with Gasteiger partial charge in [0, 0.05) is 36.0 Å². The normalized spacial score (nSPS) is 13.4. The molecule has 1 fully saturated rings. The fraction of sp³-hybridized carbons (Fsp3) is 0.364. The Bertz CT molecular complexity index is 1160. The summed E-state index contributed by atoms with van der Waals surface area (Å²) in [5.74, 6) is 0.109. The first kappa shape index (κ1) is 20.3. The topological polar surface area (TPSA) is 93.1 Å². The van der Waals surface area contributed by atoms with Crippen LogP contribution in [0.5, 0.6) is 0 Å². The van der Waals surface area contributed by atoms with E-state index >= 15 is 0 Å². The predicted octanol–water partition coefficient (Wildman–Crippen LogP) is 3.13. The molecule has 0 aliphatic heterocycles. The number of hydrogen-bond donors (Lipinski definition) is 2. The number of aryl methyl sites for hydroxylation is 3. The van der Waals surface area contributed by atoms with Crippen molar-refractivity contribution in [3.63, 3.8) is 0 Å². The Balaban J connectivity index is 1.29. The first-order valence-electron chi connectivity index (χ1n) is 10.0. The van der Waals surface area contributed by atoms with Crippen molar-refractivity contribution in [2.45, 2.75) is 46.2 Å². The van der Waals surface area contributed by atoms with Crippen LogP contribution in [0.1, 0.15) is 35.3 Å². The number of nitrogens with one attached hydrogen (secondary N) is 2. The number of amides is 2. The van der Waals surface area contributed by atoms with E-state index in [0.717, 1.165) is 39.4 Å². The molecule has 1 saturated carbocycles. The highest BCUT2D eigenvalue weighted by atomic mass is 32.1. The van der Waals surface area contributed by atoms with Gasteiger partial charge in [-0.05, 0) is 49.9 Å². The smallest absolute Gasteiger partial charge is 0.262 e. The van der Waals surface area contributed by atoms with Crippen LogP contribution < -0.4 is 16.2 Å². The van der Waals surface area contributed by atoms with E-state index in [-0.39, 0.29) is 36.3 Å². The third-order valence-electron chi connectivity index (χ3n) is 5.39. The number of hydrogen-bond acceptors (Lipinski definition) is 5. The number of fused-ring (bicyclic) bond motifs is 1. The molecule has 7 nitrogen and oxygen atoms in total. The Kier molecular flexibility index (Phi) is 5.67. The van der Waals surface area contributed by atoms with Crippen LogP contribution in [-0.4, -0.2) is 21.4 Å². The summed E-state index contributed by atoms with van der Waals surface area (Å²) < 4.78 is 1.50. The van der Waals surface area contributed by atoms with Gasteiger partial charge in [0.05, 0.1) is 11.7 Å². The summed E-state index contributed by atoms with van der Waals surface area (Å²) in [5, 5.41) is 6.41. The summed E-state index contributed by atoms with van der Waals surface area (Å²) in [6.45, 7) is 4.59. The fourth-order valence-corrected chi connectivity index (χ4v) is 4.22. The van der Waals surface area contributed by atoms with Crippen molar-refractivity contribution in [2.24, 2.45) is 5.92 Å². The van der Waals surface area contributed by atoms with Gasteiger partial charge in [0.25, 0.3) is 5.56 Å². The zero-order valence-corrected chi connectivity index (χ0v) is 17.8. The Morgan fingerprint density at radius 1 is 1.20 bits per heavy atom. The summed E-state index contributed by atoms with van der Waals surface area (Å²) >= 11 is 1.51. The lowest BCUT2D eigenvalue weighted by atomic mass is 10.2. The highest BCUT2D eigenvalue weighted by molar-refractivity contribution is 7.18. The Labute approximate surface area is 178 Å². The van der Waals surface area contributed by atoms with Gasteiger partial charge in [-0.3, -0.25) is 19.0 Å². The van der Waals surface area contributed by atoms with E-state index < -0.39 is 0 Å². The molecule has 0 radical (unpaired) electrons. The molecule has 1 aliphatic rings. The van der Waals surface area contributed by atoms with E-state index in [1.54, 1.807) is 0 Å². The maximum Gasteiger partial charge on any atom is 0.262 e. The molecule has 0 bridgehead atoms. The van der Waals surface area contributed by atoms with Crippen molar-refractivity contribution in [1.82, 2.24) is 14.9 Å². The van der Waals surface area contributed by atoms with E-state index in [4.69, 9.17) is 0 Å². The molecule has 8 heteroatoms. The minimum atomic E-state index is -0.133. The molecule has 2 N–H and O–H groups in total. The van der Waals surface area contributed by atoms with Gasteiger partial charge in [0.1, 0.15) is 4.83 Å². The summed E-state index contributed by atoms with van der Waals surface area (Å²) in [5.41, 5.74) is 2.57. The highest BCUT2D eigenvalue weighted by Crippen LogP contribution is 2.30. The van der Waals surface area contributed by atoms with Crippen LogP contribution in [0.4, 0.5) is 5.69 Å². The second-order valence-electron chi connectivity index (χ2n) is 7.69. The molecule has 30 heavy (non-hydrogen) atoms. The molecule has 1 aromatic carbocycles. The van der Waals surface area contributed by atoms with Crippen LogP contribution in [-0.2, 0) is 22.7 Å². The minimum Gasteiger partial charge on any atom is -0.352 e. The van der Waals surface area contributed by atoms with Crippen molar-refractivity contribution in [2.75, 3.05) is 5.32 Å². The summed E-state index contributed by atoms with van der Waals surface area (Å²) in [4.78, 5) is 42.9. The van der Waals surface area contributed by atoms with Crippen molar-refractivity contribution < 1.29 is 9.59 Å². The molecule has 2 heterocycles. The molecule has 2 aromatic heterocycles. The highest BCUT2D eigenvalue weighted by Gasteiger charge is 2.29. The standard InChI is InChI=1S/C22H24N4O3S/c1-13-14(2)30-21-19(13)22(29)26(12-24-21)10-9-18(27)23-11-15-3-7-17(8-4-15)25-20(28)16-5-6-16/h3-4,7-8,12,16H,5-6,9-11H2,1-2H3,(H,23,27)(H,25,28). The van der Waals surface area contributed by atoms with Crippen molar-refractivity contribution in [1.29, 1.82) is 0 Å². The van der Waals surface area contributed by atoms with E-state index in [0.29, 0.717) is 11.9 Å². The van der Waals surface area contributed by atoms with Crippen molar-refractivity contribution in [3.05, 3.63) is 57.0 Å². The molecule has 4 rings (SSSR count). The number of carbonyl (C=O) groups is 2. The number of nitrogens with zero attached hydrogens (tertiary/aromatic N) is 2. The van der Waals surface area contributed by atoms with Gasteiger partial charge in [-0.15, -0.1) is 11.3 Å². The molecular formula is C22H24N4O3S. The SMILES string of the molecule is Cc1sc2ncn(CCC(=O)NCc3ccc(NC(=O)C4CC4)cc3)c(=O)c2c1C. The largest absolute Gasteiger partial charge is 0.352 e. The van der Waals surface area contributed by atoms with Crippen molar-refractivity contribution >= 4 is 39.1 Å². The zero-order valence-electron chi connectivity index (χ0n) is 17.0. The maximum atomic E-state index is 12.7. The molecule has 3 aromatic rings. The number of rotatable bonds is 7. The molecule has 0 atom stereocenters. The fourth-order valence-electron chi connectivity index (χ4n) is 3.24. The van der Waals surface area contributed by atoms with E-state index in [9.17, 15) is 14.4 Å². The molecular weight excluding hydrogens is 400 g/mol. The zero-order chi connectivity index (χ0) is 21.3. The predicted molar refractivity (Wildman–Crippen MR) is 118 cm³/mol. The lowest BCUT2D eigenvalue weighted by Crippen LogP contribution is -2.27. The average Bonchev–Trinajstić information content (AvgIpc) is 3.54. The molecule has 0 unspecified atom stereocenters. The number of thiophene rings is 1. The van der Waals surface area contributed by atoms with Gasteiger partial charge in [-0.25, -0.2) is 4.98 Å². The van der Waals surface area contributed by atoms with E-state index in [1.165, 1.54) is 22.2 Å². The number of carbonyl (C=O) groups excluding carboxylic acids is 2. The average molecular weight is 425 g/mol. The maximum absolute atomic E-state index is 12.7. The third kappa shape index (κ3) is 4.43. The van der Waals surface area contributed by atoms with Crippen molar-refractivity contribution in [3.8, 4) is 0 Å². The van der Waals surface area contributed by atoms with Crippen LogP contribution in [0, 0.1) is 19.8 Å². The van der Waals surface area contributed by atoms with Gasteiger partial charge in [-0.2, -0.15) is 0 Å². The number of aromatic nitrogens is 2. The van der Waals surface area contributed by atoms with Crippen LogP contribution >= 0.6 is 11.3 Å². The van der Waals surface area contributed by atoms with Gasteiger partial charge >= 0.3 is 0 Å². The second kappa shape index (κ2) is 8.39. The van der Waals surface area contributed by atoms with Crippen LogP contribution in [0.2, 0.25) is 0 Å². The Morgan fingerprint density at radius 3 is 2.63 bits per heavy atom. The molecule has 0 spiro atoms. The molecule has 2 amide bonds. The Hall–Kier alpha value is -3.00. The van der Waals surface area contributed by atoms with E-state index in [1.807, 2.05) is 38.1 Å². The lowest BCUT2D eigenvalue weighted by Gasteiger charge is -2.09. The molecule has 1 aliphatic carbocycles. The monoisotopic (exact) mass is 424 g/mol. The third-order valence-corrected chi connectivity index (χ3v) is 6.51. The first-order valence-corrected chi connectivity index (χ1v) is 10.9. The van der Waals surface area contributed by atoms with Gasteiger partial charge < -0.3 is 10.6 Å². The quantitative estimate of drug-likeness (QED) is 0.609. The van der Waals surface area contributed by atoms with Gasteiger partial charge in [0.2, 0.25) is 11.8 Å². The van der Waals surface area contributed by atoms with Crippen LogP contribution in [0.25, 0.3) is 10.2 Å². The van der Waals surface area contributed by atoms with Gasteiger partial charge in [0.15, 0.2) is 0 Å². The summed E-state index contributed by atoms with van der Waals surface area (Å²) in [6.07, 6.45) is 3.66.